The Morgan fingerprint density at radius 1 is 1.06 bits per heavy atom. The van der Waals surface area contributed by atoms with E-state index in [-0.39, 0.29) is 28.8 Å². The summed E-state index contributed by atoms with van der Waals surface area (Å²) in [6.45, 7) is 1.98. The summed E-state index contributed by atoms with van der Waals surface area (Å²) in [5, 5.41) is 0. The Kier molecular flexibility index (Phi) is 6.28. The number of amides is 1. The molecule has 0 spiro atoms. The lowest BCUT2D eigenvalue weighted by Gasteiger charge is -2.32. The van der Waals surface area contributed by atoms with Gasteiger partial charge in [0.25, 0.3) is 15.9 Å². The molecule has 2 aliphatic heterocycles. The minimum absolute atomic E-state index is 0.00752. The molecule has 0 aromatic heterocycles. The molecule has 2 aliphatic rings. The number of carbonyl (C=O) groups excluding carboxylic acids is 1. The number of sulfonamides is 1. The van der Waals surface area contributed by atoms with Crippen LogP contribution in [-0.4, -0.2) is 72.5 Å². The summed E-state index contributed by atoms with van der Waals surface area (Å²) in [6, 6.07) is 8.98. The van der Waals surface area contributed by atoms with Gasteiger partial charge in [0.1, 0.15) is 18.1 Å². The van der Waals surface area contributed by atoms with Crippen molar-refractivity contribution in [2.24, 2.45) is 0 Å². The first-order chi connectivity index (χ1) is 15.4. The van der Waals surface area contributed by atoms with E-state index in [1.165, 1.54) is 32.4 Å². The van der Waals surface area contributed by atoms with Gasteiger partial charge in [-0.25, -0.2) is 8.42 Å². The lowest BCUT2D eigenvalue weighted by atomic mass is 10.2. The highest BCUT2D eigenvalue weighted by molar-refractivity contribution is 7.92. The highest BCUT2D eigenvalue weighted by atomic mass is 32.2. The molecule has 2 aromatic rings. The Morgan fingerprint density at radius 3 is 2.56 bits per heavy atom. The largest absolute Gasteiger partial charge is 0.497 e. The van der Waals surface area contributed by atoms with Gasteiger partial charge in [-0.1, -0.05) is 0 Å². The molecule has 0 bridgehead atoms. The molecule has 2 heterocycles. The van der Waals surface area contributed by atoms with Gasteiger partial charge in [0.05, 0.1) is 38.0 Å². The monoisotopic (exact) mass is 464 g/mol. The van der Waals surface area contributed by atoms with Crippen molar-refractivity contribution in [3.63, 3.8) is 0 Å². The molecule has 172 valence electrons. The fourth-order valence-electron chi connectivity index (χ4n) is 3.41. The summed E-state index contributed by atoms with van der Waals surface area (Å²) in [5.41, 5.74) is 0.263. The Labute approximate surface area is 186 Å². The van der Waals surface area contributed by atoms with Gasteiger partial charge in [-0.15, -0.1) is 0 Å². The van der Waals surface area contributed by atoms with Crippen LogP contribution < -0.4 is 23.7 Å². The Morgan fingerprint density at radius 2 is 1.84 bits per heavy atom. The van der Waals surface area contributed by atoms with E-state index in [9.17, 15) is 13.2 Å². The zero-order chi connectivity index (χ0) is 22.7. The third-order valence-corrected chi connectivity index (χ3v) is 6.50. The Balaban J connectivity index is 1.50. The van der Waals surface area contributed by atoms with Gasteiger partial charge in [0, 0.05) is 25.2 Å². The second-order valence-electron chi connectivity index (χ2n) is 7.14. The van der Waals surface area contributed by atoms with Crippen molar-refractivity contribution >= 4 is 21.6 Å². The number of nitrogens with one attached hydrogen (secondary N) is 1. The van der Waals surface area contributed by atoms with Crippen LogP contribution in [0.1, 0.15) is 0 Å². The molecule has 11 heteroatoms. The van der Waals surface area contributed by atoms with Crippen molar-refractivity contribution < 1.29 is 36.9 Å². The van der Waals surface area contributed by atoms with Crippen LogP contribution in [0.4, 0.5) is 5.69 Å². The number of methoxy groups -OCH3 is 2. The highest BCUT2D eigenvalue weighted by Crippen LogP contribution is 2.36. The fraction of sp³-hybridized carbons (Fsp3) is 0.381. The third-order valence-electron chi connectivity index (χ3n) is 5.14. The van der Waals surface area contributed by atoms with Crippen LogP contribution in [-0.2, 0) is 19.6 Å². The van der Waals surface area contributed by atoms with Crippen LogP contribution in [0, 0.1) is 0 Å². The number of carbonyl (C=O) groups is 1. The predicted octanol–water partition coefficient (Wildman–Crippen LogP) is 1.50. The fourth-order valence-corrected chi connectivity index (χ4v) is 4.50. The number of morpholine rings is 1. The second kappa shape index (κ2) is 9.13. The van der Waals surface area contributed by atoms with Gasteiger partial charge in [-0.05, 0) is 24.3 Å². The zero-order valence-electron chi connectivity index (χ0n) is 17.7. The lowest BCUT2D eigenvalue weighted by Crippen LogP contribution is -2.50. The summed E-state index contributed by atoms with van der Waals surface area (Å²) >= 11 is 0. The third kappa shape index (κ3) is 4.53. The van der Waals surface area contributed by atoms with Gasteiger partial charge in [0.15, 0.2) is 11.5 Å². The number of anilines is 1. The maximum atomic E-state index is 12.9. The lowest BCUT2D eigenvalue weighted by molar-refractivity contribution is -0.145. The van der Waals surface area contributed by atoms with Crippen molar-refractivity contribution in [2.45, 2.75) is 11.0 Å². The molecule has 10 nitrogen and oxygen atoms in total. The van der Waals surface area contributed by atoms with Gasteiger partial charge in [0.2, 0.25) is 6.10 Å². The summed E-state index contributed by atoms with van der Waals surface area (Å²) < 4.78 is 55.5. The predicted molar refractivity (Wildman–Crippen MR) is 114 cm³/mol. The van der Waals surface area contributed by atoms with Gasteiger partial charge < -0.3 is 28.6 Å². The van der Waals surface area contributed by atoms with Crippen molar-refractivity contribution in [2.75, 3.05) is 51.9 Å². The van der Waals surface area contributed by atoms with E-state index in [0.717, 1.165) is 0 Å². The van der Waals surface area contributed by atoms with E-state index >= 15 is 0 Å². The van der Waals surface area contributed by atoms with Crippen LogP contribution in [0.15, 0.2) is 41.3 Å². The normalized spacial score (nSPS) is 18.1. The highest BCUT2D eigenvalue weighted by Gasteiger charge is 2.32. The molecule has 4 rings (SSSR count). The molecular formula is C21H24N2O8S. The number of fused-ring (bicyclic) bond motifs is 1. The smallest absolute Gasteiger partial charge is 0.267 e. The number of benzene rings is 2. The molecule has 0 saturated carbocycles. The number of nitrogens with zero attached hydrogens (tertiary/aromatic N) is 1. The first-order valence-electron chi connectivity index (χ1n) is 9.96. The minimum atomic E-state index is -3.94. The van der Waals surface area contributed by atoms with Crippen LogP contribution >= 0.6 is 0 Å². The Hall–Kier alpha value is -3.18. The zero-order valence-corrected chi connectivity index (χ0v) is 18.5. The molecule has 1 atom stereocenters. The van der Waals surface area contributed by atoms with Gasteiger partial charge >= 0.3 is 0 Å². The quantitative estimate of drug-likeness (QED) is 0.685. The Bertz CT molecular complexity index is 1100. The molecule has 32 heavy (non-hydrogen) atoms. The maximum absolute atomic E-state index is 12.9. The van der Waals surface area contributed by atoms with E-state index in [4.69, 9.17) is 23.7 Å². The minimum Gasteiger partial charge on any atom is -0.497 e. The number of ether oxygens (including phenoxy) is 5. The van der Waals surface area contributed by atoms with Crippen molar-refractivity contribution in [3.8, 4) is 23.0 Å². The average Bonchev–Trinajstić information content (AvgIpc) is 2.83. The molecule has 0 aliphatic carbocycles. The maximum Gasteiger partial charge on any atom is 0.267 e. The van der Waals surface area contributed by atoms with E-state index in [1.807, 2.05) is 0 Å². The number of hydrogen-bond acceptors (Lipinski definition) is 8. The van der Waals surface area contributed by atoms with E-state index < -0.39 is 16.1 Å². The van der Waals surface area contributed by atoms with Gasteiger partial charge in [-0.3, -0.25) is 9.52 Å². The molecule has 1 N–H and O–H groups in total. The topological polar surface area (TPSA) is 113 Å². The molecule has 1 saturated heterocycles. The molecular weight excluding hydrogens is 440 g/mol. The second-order valence-corrected chi connectivity index (χ2v) is 8.82. The standard InChI is InChI=1S/C21H24N2O8S/c1-27-14-3-5-16(18(11-14)28-2)22-32(25,26)15-4-6-17-19(12-15)30-13-20(31-17)21(24)23-7-9-29-10-8-23/h3-6,11-12,20,22H,7-10,13H2,1-2H3/t20-/m0/s1. The molecule has 0 unspecified atom stereocenters. The van der Waals surface area contributed by atoms with Crippen LogP contribution in [0.3, 0.4) is 0 Å². The van der Waals surface area contributed by atoms with Crippen LogP contribution in [0.25, 0.3) is 0 Å². The summed E-state index contributed by atoms with van der Waals surface area (Å²) in [7, 11) is -0.999. The molecule has 1 fully saturated rings. The van der Waals surface area contributed by atoms with Crippen LogP contribution in [0.5, 0.6) is 23.0 Å². The van der Waals surface area contributed by atoms with Crippen molar-refractivity contribution in [1.29, 1.82) is 0 Å². The first kappa shape index (κ1) is 22.0. The summed E-state index contributed by atoms with van der Waals surface area (Å²) in [4.78, 5) is 14.3. The number of rotatable bonds is 6. The summed E-state index contributed by atoms with van der Waals surface area (Å²) in [6.07, 6.45) is -0.787. The molecule has 2 aromatic carbocycles. The average molecular weight is 464 g/mol. The number of hydrogen-bond donors (Lipinski definition) is 1. The van der Waals surface area contributed by atoms with E-state index in [2.05, 4.69) is 4.72 Å². The van der Waals surface area contributed by atoms with Crippen molar-refractivity contribution in [1.82, 2.24) is 4.90 Å². The molecule has 1 amide bonds. The van der Waals surface area contributed by atoms with Gasteiger partial charge in [-0.2, -0.15) is 0 Å². The SMILES string of the molecule is COc1ccc(NS(=O)(=O)c2ccc3c(c2)OC[C@@H](C(=O)N2CCOCC2)O3)c(OC)c1. The van der Waals surface area contributed by atoms with Crippen molar-refractivity contribution in [3.05, 3.63) is 36.4 Å². The summed E-state index contributed by atoms with van der Waals surface area (Å²) in [5.74, 6) is 1.23. The molecule has 0 radical (unpaired) electrons. The van der Waals surface area contributed by atoms with Crippen LogP contribution in [0.2, 0.25) is 0 Å². The van der Waals surface area contributed by atoms with E-state index in [0.29, 0.717) is 43.6 Å². The first-order valence-corrected chi connectivity index (χ1v) is 11.4. The van der Waals surface area contributed by atoms with E-state index in [1.54, 1.807) is 23.1 Å².